The van der Waals surface area contributed by atoms with Gasteiger partial charge in [0.2, 0.25) is 0 Å². The number of hydrogen-bond donors (Lipinski definition) is 1. The molecule has 19 heavy (non-hydrogen) atoms. The molecule has 0 fully saturated rings. The summed E-state index contributed by atoms with van der Waals surface area (Å²) in [7, 11) is 3.18. The zero-order valence-electron chi connectivity index (χ0n) is 12.4. The zero-order valence-corrected chi connectivity index (χ0v) is 12.4. The number of benzene rings is 1. The fourth-order valence-electron chi connectivity index (χ4n) is 2.09. The minimum atomic E-state index is -0.775. The Morgan fingerprint density at radius 3 is 2.37 bits per heavy atom. The molecule has 2 unspecified atom stereocenters. The molecule has 1 aromatic rings. The standard InChI is InChI=1S/C15H24O4/c1-6-15(3,19-7-2)14(16)12-10-11(17-4)8-9-13(12)18-5/h8-10,14,16H,6-7H2,1-5H3. The van der Waals surface area contributed by atoms with Crippen LogP contribution in [-0.4, -0.2) is 31.5 Å². The maximum atomic E-state index is 10.6. The summed E-state index contributed by atoms with van der Waals surface area (Å²) in [5, 5.41) is 10.6. The van der Waals surface area contributed by atoms with Crippen molar-refractivity contribution >= 4 is 0 Å². The van der Waals surface area contributed by atoms with Crippen LogP contribution in [0.25, 0.3) is 0 Å². The third-order valence-corrected chi connectivity index (χ3v) is 3.49. The molecule has 0 spiro atoms. The summed E-state index contributed by atoms with van der Waals surface area (Å²) in [6, 6.07) is 5.38. The second-order valence-electron chi connectivity index (χ2n) is 4.61. The molecule has 0 saturated heterocycles. The van der Waals surface area contributed by atoms with Crippen molar-refractivity contribution in [3.05, 3.63) is 23.8 Å². The van der Waals surface area contributed by atoms with Crippen molar-refractivity contribution in [3.8, 4) is 11.5 Å². The maximum Gasteiger partial charge on any atom is 0.125 e. The number of methoxy groups -OCH3 is 2. The second kappa shape index (κ2) is 6.78. The number of hydrogen-bond acceptors (Lipinski definition) is 4. The van der Waals surface area contributed by atoms with E-state index in [1.54, 1.807) is 32.4 Å². The highest BCUT2D eigenvalue weighted by molar-refractivity contribution is 5.42. The van der Waals surface area contributed by atoms with Gasteiger partial charge >= 0.3 is 0 Å². The smallest absolute Gasteiger partial charge is 0.125 e. The van der Waals surface area contributed by atoms with Gasteiger partial charge in [0.15, 0.2) is 0 Å². The second-order valence-corrected chi connectivity index (χ2v) is 4.61. The molecule has 0 radical (unpaired) electrons. The molecule has 0 aliphatic carbocycles. The van der Waals surface area contributed by atoms with Gasteiger partial charge in [0.25, 0.3) is 0 Å². The predicted molar refractivity (Wildman–Crippen MR) is 74.8 cm³/mol. The van der Waals surface area contributed by atoms with Crippen LogP contribution in [0.4, 0.5) is 0 Å². The van der Waals surface area contributed by atoms with Crippen LogP contribution in [0.5, 0.6) is 11.5 Å². The van der Waals surface area contributed by atoms with E-state index in [9.17, 15) is 5.11 Å². The lowest BCUT2D eigenvalue weighted by Crippen LogP contribution is -2.35. The van der Waals surface area contributed by atoms with Crippen LogP contribution in [0.3, 0.4) is 0 Å². The Morgan fingerprint density at radius 1 is 1.21 bits per heavy atom. The highest BCUT2D eigenvalue weighted by Crippen LogP contribution is 2.38. The van der Waals surface area contributed by atoms with E-state index in [4.69, 9.17) is 14.2 Å². The molecule has 0 amide bonds. The zero-order chi connectivity index (χ0) is 14.5. The van der Waals surface area contributed by atoms with Gasteiger partial charge in [-0.05, 0) is 38.5 Å². The Labute approximate surface area is 115 Å². The van der Waals surface area contributed by atoms with Crippen molar-refractivity contribution in [1.82, 2.24) is 0 Å². The first-order chi connectivity index (χ1) is 9.02. The van der Waals surface area contributed by atoms with Gasteiger partial charge < -0.3 is 19.3 Å². The molecule has 1 N–H and O–H groups in total. The third-order valence-electron chi connectivity index (χ3n) is 3.49. The maximum absolute atomic E-state index is 10.6. The monoisotopic (exact) mass is 268 g/mol. The minimum Gasteiger partial charge on any atom is -0.497 e. The number of aliphatic hydroxyl groups excluding tert-OH is 1. The van der Waals surface area contributed by atoms with Crippen molar-refractivity contribution in [2.24, 2.45) is 0 Å². The van der Waals surface area contributed by atoms with Crippen LogP contribution < -0.4 is 9.47 Å². The van der Waals surface area contributed by atoms with Gasteiger partial charge in [-0.3, -0.25) is 0 Å². The molecule has 1 aromatic carbocycles. The molecule has 4 heteroatoms. The van der Waals surface area contributed by atoms with E-state index in [0.717, 1.165) is 0 Å². The molecule has 2 atom stereocenters. The highest BCUT2D eigenvalue weighted by Gasteiger charge is 2.35. The molecule has 0 aromatic heterocycles. The van der Waals surface area contributed by atoms with Gasteiger partial charge in [0.05, 0.1) is 19.8 Å². The summed E-state index contributed by atoms with van der Waals surface area (Å²) >= 11 is 0. The fraction of sp³-hybridized carbons (Fsp3) is 0.600. The summed E-state index contributed by atoms with van der Waals surface area (Å²) in [5.74, 6) is 1.32. The average Bonchev–Trinajstić information content (AvgIpc) is 2.45. The molecule has 4 nitrogen and oxygen atoms in total. The van der Waals surface area contributed by atoms with Gasteiger partial charge in [-0.25, -0.2) is 0 Å². The Kier molecular flexibility index (Phi) is 5.63. The summed E-state index contributed by atoms with van der Waals surface area (Å²) in [6.45, 7) is 6.36. The molecule has 0 aliphatic heterocycles. The first-order valence-corrected chi connectivity index (χ1v) is 6.56. The van der Waals surface area contributed by atoms with Crippen LogP contribution in [0.1, 0.15) is 38.9 Å². The Hall–Kier alpha value is -1.26. The normalized spacial score (nSPS) is 15.7. The van der Waals surface area contributed by atoms with E-state index in [1.807, 2.05) is 20.8 Å². The lowest BCUT2D eigenvalue weighted by atomic mass is 9.89. The highest BCUT2D eigenvalue weighted by atomic mass is 16.5. The van der Waals surface area contributed by atoms with Crippen molar-refractivity contribution < 1.29 is 19.3 Å². The van der Waals surface area contributed by atoms with Crippen molar-refractivity contribution in [3.63, 3.8) is 0 Å². The molecule has 1 rings (SSSR count). The SMILES string of the molecule is CCOC(C)(CC)C(O)c1cc(OC)ccc1OC. The minimum absolute atomic E-state index is 0.549. The summed E-state index contributed by atoms with van der Waals surface area (Å²) in [6.07, 6.45) is -0.0787. The first-order valence-electron chi connectivity index (χ1n) is 6.56. The van der Waals surface area contributed by atoms with E-state index in [2.05, 4.69) is 0 Å². The Bertz CT molecular complexity index is 405. The third kappa shape index (κ3) is 3.39. The number of ether oxygens (including phenoxy) is 3. The van der Waals surface area contributed by atoms with Gasteiger partial charge in [-0.15, -0.1) is 0 Å². The van der Waals surface area contributed by atoms with Gasteiger partial charge in [-0.1, -0.05) is 6.92 Å². The average molecular weight is 268 g/mol. The van der Waals surface area contributed by atoms with Crippen LogP contribution in [0.2, 0.25) is 0 Å². The quantitative estimate of drug-likeness (QED) is 0.826. The van der Waals surface area contributed by atoms with Crippen LogP contribution in [-0.2, 0) is 4.74 Å². The van der Waals surface area contributed by atoms with Crippen LogP contribution in [0, 0.1) is 0 Å². The van der Waals surface area contributed by atoms with Crippen LogP contribution >= 0.6 is 0 Å². The molecule has 0 heterocycles. The van der Waals surface area contributed by atoms with Gasteiger partial charge in [0.1, 0.15) is 17.6 Å². The van der Waals surface area contributed by atoms with Gasteiger partial charge in [-0.2, -0.15) is 0 Å². The van der Waals surface area contributed by atoms with E-state index < -0.39 is 11.7 Å². The van der Waals surface area contributed by atoms with Gasteiger partial charge in [0, 0.05) is 12.2 Å². The largest absolute Gasteiger partial charge is 0.497 e. The molecule has 108 valence electrons. The summed E-state index contributed by atoms with van der Waals surface area (Å²) < 4.78 is 16.2. The fourth-order valence-corrected chi connectivity index (χ4v) is 2.09. The molecule has 0 bridgehead atoms. The molecular formula is C15H24O4. The Balaban J connectivity index is 3.18. The van der Waals surface area contributed by atoms with Crippen LogP contribution in [0.15, 0.2) is 18.2 Å². The predicted octanol–water partition coefficient (Wildman–Crippen LogP) is 2.94. The lowest BCUT2D eigenvalue weighted by molar-refractivity contribution is -0.113. The van der Waals surface area contributed by atoms with E-state index in [1.165, 1.54) is 0 Å². The molecule has 0 aliphatic rings. The van der Waals surface area contributed by atoms with E-state index >= 15 is 0 Å². The lowest BCUT2D eigenvalue weighted by Gasteiger charge is -2.34. The summed E-state index contributed by atoms with van der Waals surface area (Å²) in [5.41, 5.74) is 0.0358. The number of rotatable bonds is 7. The van der Waals surface area contributed by atoms with E-state index in [-0.39, 0.29) is 0 Å². The van der Waals surface area contributed by atoms with Crippen molar-refractivity contribution in [2.75, 3.05) is 20.8 Å². The topological polar surface area (TPSA) is 47.9 Å². The molecule has 0 saturated carbocycles. The van der Waals surface area contributed by atoms with Crippen molar-refractivity contribution in [1.29, 1.82) is 0 Å². The molecular weight excluding hydrogens is 244 g/mol. The first kappa shape index (κ1) is 15.8. The van der Waals surface area contributed by atoms with Crippen molar-refractivity contribution in [2.45, 2.75) is 38.9 Å². The number of aliphatic hydroxyl groups is 1. The summed E-state index contributed by atoms with van der Waals surface area (Å²) in [4.78, 5) is 0. The van der Waals surface area contributed by atoms with E-state index in [0.29, 0.717) is 30.1 Å². The Morgan fingerprint density at radius 2 is 1.89 bits per heavy atom.